The fourth-order valence-corrected chi connectivity index (χ4v) is 3.02. The van der Waals surface area contributed by atoms with Crippen LogP contribution in [-0.4, -0.2) is 31.1 Å². The Morgan fingerprint density at radius 1 is 1.22 bits per heavy atom. The third-order valence-corrected chi connectivity index (χ3v) is 4.16. The Kier molecular flexibility index (Phi) is 9.86. The van der Waals surface area contributed by atoms with Crippen LogP contribution in [0.15, 0.2) is 18.2 Å². The van der Waals surface area contributed by atoms with Crippen LogP contribution in [0.25, 0.3) is 0 Å². The number of halogens is 6. The first kappa shape index (κ1) is 22.8. The van der Waals surface area contributed by atoms with Gasteiger partial charge in [0.1, 0.15) is 0 Å². The molecule has 1 aromatic rings. The van der Waals surface area contributed by atoms with Crippen molar-refractivity contribution in [1.29, 1.82) is 0 Å². The van der Waals surface area contributed by atoms with Crippen molar-refractivity contribution < 1.29 is 13.2 Å². The van der Waals surface area contributed by atoms with Crippen molar-refractivity contribution in [2.75, 3.05) is 26.2 Å². The van der Waals surface area contributed by atoms with Crippen molar-refractivity contribution >= 4 is 36.4 Å². The fraction of sp³-hybridized carbons (Fsp3) is 0.600. The van der Waals surface area contributed by atoms with E-state index in [-0.39, 0.29) is 35.9 Å². The van der Waals surface area contributed by atoms with Crippen LogP contribution in [0.1, 0.15) is 36.9 Å². The summed E-state index contributed by atoms with van der Waals surface area (Å²) in [6, 6.07) is 4.32. The molecule has 1 saturated heterocycles. The first-order valence-corrected chi connectivity index (χ1v) is 7.62. The summed E-state index contributed by atoms with van der Waals surface area (Å²) in [4.78, 5) is 2.25. The Balaban J connectivity index is 0.00000242. The molecule has 1 aliphatic rings. The summed E-state index contributed by atoms with van der Waals surface area (Å²) < 4.78 is 39.0. The topological polar surface area (TPSA) is 15.3 Å². The van der Waals surface area contributed by atoms with E-state index in [1.54, 1.807) is 6.07 Å². The number of alkyl halides is 3. The van der Waals surface area contributed by atoms with Gasteiger partial charge in [0.05, 0.1) is 10.6 Å². The summed E-state index contributed by atoms with van der Waals surface area (Å²) in [5, 5.41) is 3.03. The normalized spacial score (nSPS) is 17.1. The monoisotopic (exact) mass is 392 g/mol. The molecule has 8 heteroatoms. The van der Waals surface area contributed by atoms with E-state index >= 15 is 0 Å². The summed E-state index contributed by atoms with van der Waals surface area (Å²) in [6.45, 7) is 5.51. The lowest BCUT2D eigenvalue weighted by Gasteiger charge is -2.35. The SMILES string of the molecule is CCC[C@@H](c1ccc(Cl)c(C(F)(F)F)c1)N1CCNCC1.Cl.Cl. The zero-order chi connectivity index (χ0) is 15.5. The number of piperazine rings is 1. The first-order chi connectivity index (χ1) is 9.93. The summed E-state index contributed by atoms with van der Waals surface area (Å²) >= 11 is 5.70. The molecule has 0 bridgehead atoms. The minimum atomic E-state index is -4.41. The highest BCUT2D eigenvalue weighted by Gasteiger charge is 2.34. The van der Waals surface area contributed by atoms with Crippen LogP contribution in [-0.2, 0) is 6.18 Å². The van der Waals surface area contributed by atoms with Gasteiger partial charge in [-0.2, -0.15) is 13.2 Å². The molecule has 1 fully saturated rings. The molecule has 0 unspecified atom stereocenters. The Bertz CT molecular complexity index is 478. The minimum absolute atomic E-state index is 0. The predicted molar refractivity (Wildman–Crippen MR) is 93.0 cm³/mol. The molecule has 1 aromatic carbocycles. The molecule has 0 amide bonds. The molecule has 1 heterocycles. The van der Waals surface area contributed by atoms with Gasteiger partial charge >= 0.3 is 6.18 Å². The van der Waals surface area contributed by atoms with Gasteiger partial charge in [0.15, 0.2) is 0 Å². The Morgan fingerprint density at radius 2 is 1.83 bits per heavy atom. The van der Waals surface area contributed by atoms with Crippen LogP contribution in [0.2, 0.25) is 5.02 Å². The molecule has 23 heavy (non-hydrogen) atoms. The van der Waals surface area contributed by atoms with Gasteiger partial charge in [-0.3, -0.25) is 4.90 Å². The maximum absolute atomic E-state index is 13.0. The molecular formula is C15H22Cl3F3N2. The van der Waals surface area contributed by atoms with E-state index in [1.165, 1.54) is 12.1 Å². The van der Waals surface area contributed by atoms with E-state index in [9.17, 15) is 13.2 Å². The molecule has 0 saturated carbocycles. The predicted octanol–water partition coefficient (Wildman–Crippen LogP) is 4.95. The lowest BCUT2D eigenvalue weighted by Crippen LogP contribution is -2.45. The van der Waals surface area contributed by atoms with Gasteiger partial charge in [0.2, 0.25) is 0 Å². The summed E-state index contributed by atoms with van der Waals surface area (Å²) in [5.74, 6) is 0. The van der Waals surface area contributed by atoms with Crippen molar-refractivity contribution in [3.05, 3.63) is 34.3 Å². The van der Waals surface area contributed by atoms with E-state index in [0.717, 1.165) is 39.0 Å². The molecule has 0 spiro atoms. The molecule has 1 atom stereocenters. The second-order valence-electron chi connectivity index (χ2n) is 5.33. The lowest BCUT2D eigenvalue weighted by atomic mass is 9.97. The maximum Gasteiger partial charge on any atom is 0.417 e. The lowest BCUT2D eigenvalue weighted by molar-refractivity contribution is -0.137. The average Bonchev–Trinajstić information content (AvgIpc) is 2.45. The van der Waals surface area contributed by atoms with Gasteiger partial charge in [-0.05, 0) is 24.1 Å². The van der Waals surface area contributed by atoms with Gasteiger partial charge in [-0.1, -0.05) is 31.0 Å². The molecule has 0 aliphatic carbocycles. The quantitative estimate of drug-likeness (QED) is 0.778. The van der Waals surface area contributed by atoms with E-state index in [4.69, 9.17) is 11.6 Å². The van der Waals surface area contributed by atoms with Crippen LogP contribution >= 0.6 is 36.4 Å². The van der Waals surface area contributed by atoms with E-state index in [2.05, 4.69) is 17.1 Å². The summed E-state index contributed by atoms with van der Waals surface area (Å²) in [6.07, 6.45) is -2.63. The number of nitrogens with one attached hydrogen (secondary N) is 1. The maximum atomic E-state index is 13.0. The number of benzene rings is 1. The van der Waals surface area contributed by atoms with Crippen LogP contribution in [0.5, 0.6) is 0 Å². The first-order valence-electron chi connectivity index (χ1n) is 7.25. The van der Waals surface area contributed by atoms with Gasteiger partial charge in [0.25, 0.3) is 0 Å². The van der Waals surface area contributed by atoms with Gasteiger partial charge in [-0.25, -0.2) is 0 Å². The third-order valence-electron chi connectivity index (χ3n) is 3.84. The number of rotatable bonds is 4. The Labute approximate surface area is 152 Å². The molecule has 2 rings (SSSR count). The number of hydrogen-bond donors (Lipinski definition) is 1. The number of nitrogens with zero attached hydrogens (tertiary/aromatic N) is 1. The Morgan fingerprint density at radius 3 is 2.35 bits per heavy atom. The molecule has 2 nitrogen and oxygen atoms in total. The van der Waals surface area contributed by atoms with Gasteiger partial charge in [-0.15, -0.1) is 24.8 Å². The molecule has 134 valence electrons. The Hall–Kier alpha value is -0.200. The highest BCUT2D eigenvalue weighted by atomic mass is 35.5. The zero-order valence-corrected chi connectivity index (χ0v) is 15.2. The molecule has 1 N–H and O–H groups in total. The van der Waals surface area contributed by atoms with E-state index in [0.29, 0.717) is 5.56 Å². The van der Waals surface area contributed by atoms with Crippen LogP contribution < -0.4 is 5.32 Å². The van der Waals surface area contributed by atoms with Crippen molar-refractivity contribution in [2.24, 2.45) is 0 Å². The largest absolute Gasteiger partial charge is 0.417 e. The third kappa shape index (κ3) is 5.98. The highest BCUT2D eigenvalue weighted by molar-refractivity contribution is 6.31. The van der Waals surface area contributed by atoms with Crippen LogP contribution in [0, 0.1) is 0 Å². The van der Waals surface area contributed by atoms with E-state index in [1.807, 2.05) is 0 Å². The smallest absolute Gasteiger partial charge is 0.314 e. The van der Waals surface area contributed by atoms with Crippen LogP contribution in [0.3, 0.4) is 0 Å². The molecule has 0 radical (unpaired) electrons. The minimum Gasteiger partial charge on any atom is -0.314 e. The zero-order valence-electron chi connectivity index (χ0n) is 12.8. The van der Waals surface area contributed by atoms with Gasteiger partial charge in [0, 0.05) is 32.2 Å². The molecule has 0 aromatic heterocycles. The number of hydrogen-bond acceptors (Lipinski definition) is 2. The van der Waals surface area contributed by atoms with Crippen LogP contribution in [0.4, 0.5) is 13.2 Å². The van der Waals surface area contributed by atoms with Crippen molar-refractivity contribution in [1.82, 2.24) is 10.2 Å². The van der Waals surface area contributed by atoms with Crippen molar-refractivity contribution in [2.45, 2.75) is 32.0 Å². The second kappa shape index (κ2) is 9.94. The summed E-state index contributed by atoms with van der Waals surface area (Å²) in [5.41, 5.74) is -0.0339. The van der Waals surface area contributed by atoms with Crippen molar-refractivity contribution in [3.8, 4) is 0 Å². The van der Waals surface area contributed by atoms with E-state index < -0.39 is 11.7 Å². The summed E-state index contributed by atoms with van der Waals surface area (Å²) in [7, 11) is 0. The fourth-order valence-electron chi connectivity index (χ4n) is 2.79. The van der Waals surface area contributed by atoms with Crippen molar-refractivity contribution in [3.63, 3.8) is 0 Å². The highest BCUT2D eigenvalue weighted by Crippen LogP contribution is 2.37. The second-order valence-corrected chi connectivity index (χ2v) is 5.73. The molecular weight excluding hydrogens is 372 g/mol. The standard InChI is InChI=1S/C15H20ClF3N2.2ClH/c1-2-3-14(21-8-6-20-7-9-21)11-4-5-13(16)12(10-11)15(17,18)19;;/h4-5,10,14,20H,2-3,6-9H2,1H3;2*1H/t14-;;/m0../s1. The van der Waals surface area contributed by atoms with Gasteiger partial charge < -0.3 is 5.32 Å². The average molecular weight is 394 g/mol. The molecule has 1 aliphatic heterocycles.